The summed E-state index contributed by atoms with van der Waals surface area (Å²) in [7, 11) is -2.35. The molecule has 1 aliphatic heterocycles. The number of hydrogen-bond acceptors (Lipinski definition) is 4. The summed E-state index contributed by atoms with van der Waals surface area (Å²) in [6.07, 6.45) is 1.04. The number of rotatable bonds is 5. The Morgan fingerprint density at radius 3 is 2.62 bits per heavy atom. The molecule has 138 valence electrons. The molecule has 0 fully saturated rings. The lowest BCUT2D eigenvalue weighted by Crippen LogP contribution is -2.34. The highest BCUT2D eigenvalue weighted by molar-refractivity contribution is 7.92. The van der Waals surface area contributed by atoms with Crippen LogP contribution in [0.3, 0.4) is 0 Å². The molecule has 0 saturated heterocycles. The number of benzene rings is 2. The fourth-order valence-corrected chi connectivity index (χ4v) is 4.48. The van der Waals surface area contributed by atoms with Gasteiger partial charge in [0.25, 0.3) is 10.0 Å². The number of anilines is 2. The lowest BCUT2D eigenvalue weighted by Gasteiger charge is -2.28. The Morgan fingerprint density at radius 2 is 1.92 bits per heavy atom. The molecule has 2 aromatic carbocycles. The Labute approximate surface area is 153 Å². The third kappa shape index (κ3) is 3.39. The summed E-state index contributed by atoms with van der Waals surface area (Å²) in [5, 5.41) is 0. The topological polar surface area (TPSA) is 75.7 Å². The standard InChI is InChI=1S/C19H22N2O4S/c1-4-21-16-8-7-15(12-14(16)6-10-19(21)22)20-26(23,24)18-11-13(2)5-9-17(18)25-3/h5,7-9,11-12,20H,4,6,10H2,1-3H3. The van der Waals surface area contributed by atoms with E-state index in [1.54, 1.807) is 41.3 Å². The first kappa shape index (κ1) is 18.3. The Kier molecular flexibility index (Phi) is 4.91. The third-order valence-corrected chi connectivity index (χ3v) is 5.86. The van der Waals surface area contributed by atoms with Gasteiger partial charge in [-0.25, -0.2) is 8.42 Å². The number of sulfonamides is 1. The number of nitrogens with one attached hydrogen (secondary N) is 1. The first-order valence-corrected chi connectivity index (χ1v) is 9.94. The van der Waals surface area contributed by atoms with E-state index in [0.29, 0.717) is 30.8 Å². The van der Waals surface area contributed by atoms with Gasteiger partial charge in [-0.1, -0.05) is 6.07 Å². The Balaban J connectivity index is 1.94. The largest absolute Gasteiger partial charge is 0.495 e. The van der Waals surface area contributed by atoms with Gasteiger partial charge < -0.3 is 9.64 Å². The van der Waals surface area contributed by atoms with Gasteiger partial charge in [0, 0.05) is 24.3 Å². The molecular formula is C19H22N2O4S. The van der Waals surface area contributed by atoms with Crippen molar-refractivity contribution in [2.75, 3.05) is 23.3 Å². The molecule has 0 aliphatic carbocycles. The number of ether oxygens (including phenoxy) is 1. The minimum absolute atomic E-state index is 0.0952. The van der Waals surface area contributed by atoms with E-state index in [4.69, 9.17) is 4.74 Å². The van der Waals surface area contributed by atoms with Crippen LogP contribution in [-0.4, -0.2) is 28.0 Å². The third-order valence-electron chi connectivity index (χ3n) is 4.46. The Hall–Kier alpha value is -2.54. The molecule has 6 nitrogen and oxygen atoms in total. The van der Waals surface area contributed by atoms with Crippen molar-refractivity contribution in [1.82, 2.24) is 0 Å². The highest BCUT2D eigenvalue weighted by Gasteiger charge is 2.24. The number of fused-ring (bicyclic) bond motifs is 1. The fourth-order valence-electron chi connectivity index (χ4n) is 3.17. The zero-order valence-electron chi connectivity index (χ0n) is 15.1. The predicted octanol–water partition coefficient (Wildman–Crippen LogP) is 3.10. The molecule has 26 heavy (non-hydrogen) atoms. The summed E-state index contributed by atoms with van der Waals surface area (Å²) in [5.74, 6) is 0.390. The minimum Gasteiger partial charge on any atom is -0.495 e. The van der Waals surface area contributed by atoms with Gasteiger partial charge >= 0.3 is 0 Å². The van der Waals surface area contributed by atoms with Gasteiger partial charge in [-0.3, -0.25) is 9.52 Å². The van der Waals surface area contributed by atoms with Crippen molar-refractivity contribution >= 4 is 27.3 Å². The fraction of sp³-hybridized carbons (Fsp3) is 0.316. The molecular weight excluding hydrogens is 352 g/mol. The average molecular weight is 374 g/mol. The second kappa shape index (κ2) is 6.99. The van der Waals surface area contributed by atoms with Gasteiger partial charge in [0.15, 0.2) is 0 Å². The van der Waals surface area contributed by atoms with Crippen LogP contribution in [0.2, 0.25) is 0 Å². The van der Waals surface area contributed by atoms with Crippen LogP contribution >= 0.6 is 0 Å². The van der Waals surface area contributed by atoms with E-state index in [2.05, 4.69) is 4.72 Å². The first-order valence-electron chi connectivity index (χ1n) is 8.46. The number of carbonyl (C=O) groups excluding carboxylic acids is 1. The van der Waals surface area contributed by atoms with E-state index < -0.39 is 10.0 Å². The number of nitrogens with zero attached hydrogens (tertiary/aromatic N) is 1. The Morgan fingerprint density at radius 1 is 1.15 bits per heavy atom. The molecule has 3 rings (SSSR count). The van der Waals surface area contributed by atoms with Crippen molar-refractivity contribution in [2.45, 2.75) is 31.6 Å². The molecule has 1 N–H and O–H groups in total. The van der Waals surface area contributed by atoms with Gasteiger partial charge in [-0.15, -0.1) is 0 Å². The maximum Gasteiger partial charge on any atom is 0.265 e. The number of aryl methyl sites for hydroxylation is 2. The minimum atomic E-state index is -3.79. The molecule has 0 aromatic heterocycles. The van der Waals surface area contributed by atoms with Gasteiger partial charge in [0.05, 0.1) is 7.11 Å². The van der Waals surface area contributed by atoms with Crippen LogP contribution in [0, 0.1) is 6.92 Å². The van der Waals surface area contributed by atoms with Gasteiger partial charge in [0.2, 0.25) is 5.91 Å². The van der Waals surface area contributed by atoms with Gasteiger partial charge in [-0.05, 0) is 61.7 Å². The number of carbonyl (C=O) groups is 1. The normalized spacial score (nSPS) is 14.1. The molecule has 0 radical (unpaired) electrons. The smallest absolute Gasteiger partial charge is 0.265 e. The van der Waals surface area contributed by atoms with Crippen molar-refractivity contribution < 1.29 is 17.9 Å². The molecule has 0 spiro atoms. The first-order chi connectivity index (χ1) is 12.4. The van der Waals surface area contributed by atoms with E-state index in [9.17, 15) is 13.2 Å². The second-order valence-electron chi connectivity index (χ2n) is 6.24. The van der Waals surface area contributed by atoms with E-state index in [-0.39, 0.29) is 10.8 Å². The molecule has 0 bridgehead atoms. The van der Waals surface area contributed by atoms with Crippen LogP contribution < -0.4 is 14.4 Å². The maximum atomic E-state index is 12.8. The number of amides is 1. The van der Waals surface area contributed by atoms with E-state index in [0.717, 1.165) is 16.8 Å². The van der Waals surface area contributed by atoms with Crippen LogP contribution in [-0.2, 0) is 21.2 Å². The highest BCUT2D eigenvalue weighted by atomic mass is 32.2. The summed E-state index contributed by atoms with van der Waals surface area (Å²) in [4.78, 5) is 13.8. The van der Waals surface area contributed by atoms with Crippen molar-refractivity contribution in [3.8, 4) is 5.75 Å². The summed E-state index contributed by atoms with van der Waals surface area (Å²) < 4.78 is 33.4. The molecule has 0 unspecified atom stereocenters. The molecule has 1 heterocycles. The number of methoxy groups -OCH3 is 1. The van der Waals surface area contributed by atoms with Crippen LogP contribution in [0.5, 0.6) is 5.75 Å². The highest BCUT2D eigenvalue weighted by Crippen LogP contribution is 2.32. The second-order valence-corrected chi connectivity index (χ2v) is 7.89. The molecule has 1 amide bonds. The summed E-state index contributed by atoms with van der Waals surface area (Å²) >= 11 is 0. The molecule has 0 atom stereocenters. The summed E-state index contributed by atoms with van der Waals surface area (Å²) in [6, 6.07) is 10.3. The summed E-state index contributed by atoms with van der Waals surface area (Å²) in [5.41, 5.74) is 3.11. The van der Waals surface area contributed by atoms with Crippen molar-refractivity contribution in [2.24, 2.45) is 0 Å². The number of hydrogen-bond donors (Lipinski definition) is 1. The Bertz CT molecular complexity index is 954. The maximum absolute atomic E-state index is 12.8. The predicted molar refractivity (Wildman–Crippen MR) is 101 cm³/mol. The SMILES string of the molecule is CCN1C(=O)CCc2cc(NS(=O)(=O)c3cc(C)ccc3OC)ccc21. The van der Waals surface area contributed by atoms with E-state index in [1.165, 1.54) is 7.11 Å². The quantitative estimate of drug-likeness (QED) is 0.873. The molecule has 2 aromatic rings. The molecule has 1 aliphatic rings. The van der Waals surface area contributed by atoms with Crippen LogP contribution in [0.15, 0.2) is 41.3 Å². The van der Waals surface area contributed by atoms with Crippen molar-refractivity contribution in [3.05, 3.63) is 47.5 Å². The van der Waals surface area contributed by atoms with Gasteiger partial charge in [-0.2, -0.15) is 0 Å². The molecule has 0 saturated carbocycles. The summed E-state index contributed by atoms with van der Waals surface area (Å²) in [6.45, 7) is 4.35. The lowest BCUT2D eigenvalue weighted by molar-refractivity contribution is -0.118. The van der Waals surface area contributed by atoms with E-state index >= 15 is 0 Å². The molecule has 7 heteroatoms. The zero-order valence-corrected chi connectivity index (χ0v) is 15.9. The van der Waals surface area contributed by atoms with Crippen molar-refractivity contribution in [1.29, 1.82) is 0 Å². The van der Waals surface area contributed by atoms with Crippen LogP contribution in [0.25, 0.3) is 0 Å². The zero-order chi connectivity index (χ0) is 18.9. The average Bonchev–Trinajstić information content (AvgIpc) is 2.61. The van der Waals surface area contributed by atoms with Crippen LogP contribution in [0.4, 0.5) is 11.4 Å². The monoisotopic (exact) mass is 374 g/mol. The van der Waals surface area contributed by atoms with Crippen LogP contribution in [0.1, 0.15) is 24.5 Å². The van der Waals surface area contributed by atoms with Gasteiger partial charge in [0.1, 0.15) is 10.6 Å². The van der Waals surface area contributed by atoms with E-state index in [1.807, 2.05) is 13.8 Å². The van der Waals surface area contributed by atoms with Crippen molar-refractivity contribution in [3.63, 3.8) is 0 Å². The lowest BCUT2D eigenvalue weighted by atomic mass is 10.0.